The Morgan fingerprint density at radius 3 is 2.88 bits per heavy atom. The first-order valence-electron chi connectivity index (χ1n) is 5.82. The van der Waals surface area contributed by atoms with Crippen LogP contribution in [0.5, 0.6) is 5.75 Å². The number of benzene rings is 1. The molecule has 0 amide bonds. The molecule has 0 radical (unpaired) electrons. The number of halogens is 1. The van der Waals surface area contributed by atoms with E-state index in [1.807, 2.05) is 18.2 Å². The Labute approximate surface area is 107 Å². The van der Waals surface area contributed by atoms with E-state index < -0.39 is 0 Å². The Bertz CT molecular complexity index is 410. The molecule has 0 bridgehead atoms. The normalized spacial score (nSPS) is 25.2. The van der Waals surface area contributed by atoms with Crippen LogP contribution in [0.3, 0.4) is 0 Å². The zero-order valence-corrected chi connectivity index (χ0v) is 11.1. The van der Waals surface area contributed by atoms with Crippen molar-refractivity contribution in [3.05, 3.63) is 28.8 Å². The van der Waals surface area contributed by atoms with E-state index in [2.05, 4.69) is 11.9 Å². The molecule has 94 valence electrons. The van der Waals surface area contributed by atoms with E-state index in [1.165, 1.54) is 0 Å². The zero-order valence-electron chi connectivity index (χ0n) is 10.4. The summed E-state index contributed by atoms with van der Waals surface area (Å²) in [6, 6.07) is 5.70. The van der Waals surface area contributed by atoms with Gasteiger partial charge in [0.15, 0.2) is 0 Å². The lowest BCUT2D eigenvalue weighted by Crippen LogP contribution is -2.44. The van der Waals surface area contributed by atoms with Gasteiger partial charge < -0.3 is 15.4 Å². The number of hydrogen-bond acceptors (Lipinski definition) is 3. The number of hydrogen-bond donors (Lipinski definition) is 1. The van der Waals surface area contributed by atoms with Gasteiger partial charge in [-0.3, -0.25) is 0 Å². The first-order chi connectivity index (χ1) is 8.02. The minimum Gasteiger partial charge on any atom is -0.496 e. The fourth-order valence-corrected chi connectivity index (χ4v) is 2.71. The molecule has 1 aliphatic rings. The van der Waals surface area contributed by atoms with Gasteiger partial charge in [-0.2, -0.15) is 0 Å². The minimum absolute atomic E-state index is 0.160. The summed E-state index contributed by atoms with van der Waals surface area (Å²) >= 11 is 6.03. The van der Waals surface area contributed by atoms with E-state index in [0.29, 0.717) is 0 Å². The molecule has 4 heteroatoms. The van der Waals surface area contributed by atoms with E-state index >= 15 is 0 Å². The van der Waals surface area contributed by atoms with Crippen molar-refractivity contribution >= 4 is 11.6 Å². The van der Waals surface area contributed by atoms with Gasteiger partial charge in [0.1, 0.15) is 5.75 Å². The van der Waals surface area contributed by atoms with Crippen LogP contribution >= 0.6 is 11.6 Å². The van der Waals surface area contributed by atoms with Crippen molar-refractivity contribution in [3.63, 3.8) is 0 Å². The lowest BCUT2D eigenvalue weighted by Gasteiger charge is -2.25. The number of nitrogens with zero attached hydrogens (tertiary/aromatic N) is 1. The molecule has 1 fully saturated rings. The number of likely N-dealkylation sites (N-methyl/N-ethyl adjacent to an activating group) is 1. The number of likely N-dealkylation sites (tertiary alicyclic amines) is 1. The second kappa shape index (κ2) is 4.84. The highest BCUT2D eigenvalue weighted by Crippen LogP contribution is 2.29. The van der Waals surface area contributed by atoms with Crippen molar-refractivity contribution in [1.82, 2.24) is 4.90 Å². The number of nitrogens with two attached hydrogens (primary N) is 1. The monoisotopic (exact) mass is 254 g/mol. The average Bonchev–Trinajstić information content (AvgIpc) is 2.59. The van der Waals surface area contributed by atoms with E-state index in [9.17, 15) is 0 Å². The van der Waals surface area contributed by atoms with Crippen molar-refractivity contribution in [2.45, 2.75) is 18.4 Å². The van der Waals surface area contributed by atoms with Crippen LogP contribution in [0.25, 0.3) is 0 Å². The highest BCUT2D eigenvalue weighted by molar-refractivity contribution is 6.30. The first-order valence-corrected chi connectivity index (χ1v) is 6.20. The van der Waals surface area contributed by atoms with Crippen molar-refractivity contribution in [3.8, 4) is 5.75 Å². The SMILES string of the molecule is COc1ccc(Cl)cc1CC1(N)CCN(C)C1. The van der Waals surface area contributed by atoms with Crippen LogP contribution in [-0.4, -0.2) is 37.7 Å². The van der Waals surface area contributed by atoms with Gasteiger partial charge >= 0.3 is 0 Å². The molecule has 0 aliphatic carbocycles. The molecule has 1 saturated heterocycles. The van der Waals surface area contributed by atoms with Gasteiger partial charge in [0, 0.05) is 17.1 Å². The quantitative estimate of drug-likeness (QED) is 0.896. The van der Waals surface area contributed by atoms with Gasteiger partial charge in [-0.05, 0) is 50.2 Å². The van der Waals surface area contributed by atoms with Crippen LogP contribution in [-0.2, 0) is 6.42 Å². The average molecular weight is 255 g/mol. The molecule has 17 heavy (non-hydrogen) atoms. The van der Waals surface area contributed by atoms with Crippen LogP contribution in [0.1, 0.15) is 12.0 Å². The van der Waals surface area contributed by atoms with E-state index in [1.54, 1.807) is 7.11 Å². The molecule has 0 aromatic heterocycles. The fraction of sp³-hybridized carbons (Fsp3) is 0.538. The molecule has 2 N–H and O–H groups in total. The predicted octanol–water partition coefficient (Wildman–Crippen LogP) is 1.92. The van der Waals surface area contributed by atoms with E-state index in [4.69, 9.17) is 22.1 Å². The van der Waals surface area contributed by atoms with Gasteiger partial charge in [-0.1, -0.05) is 11.6 Å². The molecule has 3 nitrogen and oxygen atoms in total. The summed E-state index contributed by atoms with van der Waals surface area (Å²) in [5.41, 5.74) is 7.35. The molecule has 1 aromatic carbocycles. The Balaban J connectivity index is 2.20. The van der Waals surface area contributed by atoms with Gasteiger partial charge in [0.2, 0.25) is 0 Å². The molecule has 1 atom stereocenters. The van der Waals surface area contributed by atoms with Gasteiger partial charge in [0.25, 0.3) is 0 Å². The Morgan fingerprint density at radius 1 is 1.53 bits per heavy atom. The molecule has 0 saturated carbocycles. The second-order valence-electron chi connectivity index (χ2n) is 4.98. The third-order valence-electron chi connectivity index (χ3n) is 3.36. The van der Waals surface area contributed by atoms with Crippen molar-refractivity contribution < 1.29 is 4.74 Å². The molecule has 1 aromatic rings. The highest BCUT2D eigenvalue weighted by Gasteiger charge is 2.33. The number of methoxy groups -OCH3 is 1. The second-order valence-corrected chi connectivity index (χ2v) is 5.42. The number of ether oxygens (including phenoxy) is 1. The van der Waals surface area contributed by atoms with Crippen LogP contribution in [0.2, 0.25) is 5.02 Å². The minimum atomic E-state index is -0.160. The fourth-order valence-electron chi connectivity index (χ4n) is 2.52. The first kappa shape index (κ1) is 12.7. The maximum absolute atomic E-state index is 6.41. The van der Waals surface area contributed by atoms with Crippen LogP contribution < -0.4 is 10.5 Å². The van der Waals surface area contributed by atoms with Crippen molar-refractivity contribution in [2.75, 3.05) is 27.2 Å². The summed E-state index contributed by atoms with van der Waals surface area (Å²) in [6.45, 7) is 1.97. The topological polar surface area (TPSA) is 38.5 Å². The zero-order chi connectivity index (χ0) is 12.5. The summed E-state index contributed by atoms with van der Waals surface area (Å²) in [4.78, 5) is 2.26. The van der Waals surface area contributed by atoms with E-state index in [0.717, 1.165) is 42.3 Å². The molecular weight excluding hydrogens is 236 g/mol. The van der Waals surface area contributed by atoms with Gasteiger partial charge in [-0.25, -0.2) is 0 Å². The maximum Gasteiger partial charge on any atom is 0.122 e. The lowest BCUT2D eigenvalue weighted by molar-refractivity contribution is 0.359. The summed E-state index contributed by atoms with van der Waals surface area (Å²) in [5, 5.41) is 0.732. The largest absolute Gasteiger partial charge is 0.496 e. The third kappa shape index (κ3) is 2.92. The Morgan fingerprint density at radius 2 is 2.29 bits per heavy atom. The molecule has 1 aliphatic heterocycles. The van der Waals surface area contributed by atoms with Crippen molar-refractivity contribution in [1.29, 1.82) is 0 Å². The van der Waals surface area contributed by atoms with Gasteiger partial charge in [-0.15, -0.1) is 0 Å². The maximum atomic E-state index is 6.41. The summed E-state index contributed by atoms with van der Waals surface area (Å²) in [5.74, 6) is 0.869. The molecule has 2 rings (SSSR count). The summed E-state index contributed by atoms with van der Waals surface area (Å²) < 4.78 is 5.35. The van der Waals surface area contributed by atoms with Crippen LogP contribution in [0, 0.1) is 0 Å². The van der Waals surface area contributed by atoms with Crippen molar-refractivity contribution in [2.24, 2.45) is 5.73 Å². The summed E-state index contributed by atoms with van der Waals surface area (Å²) in [7, 11) is 3.78. The van der Waals surface area contributed by atoms with Gasteiger partial charge in [0.05, 0.1) is 7.11 Å². The smallest absolute Gasteiger partial charge is 0.122 e. The Kier molecular flexibility index (Phi) is 3.61. The Hall–Kier alpha value is -0.770. The highest BCUT2D eigenvalue weighted by atomic mass is 35.5. The molecule has 1 heterocycles. The molecule has 1 unspecified atom stereocenters. The van der Waals surface area contributed by atoms with Crippen LogP contribution in [0.15, 0.2) is 18.2 Å². The third-order valence-corrected chi connectivity index (χ3v) is 3.60. The molecular formula is C13H19ClN2O. The predicted molar refractivity (Wildman–Crippen MR) is 70.7 cm³/mol. The summed E-state index contributed by atoms with van der Waals surface area (Å²) in [6.07, 6.45) is 1.82. The van der Waals surface area contributed by atoms with Crippen LogP contribution in [0.4, 0.5) is 0 Å². The van der Waals surface area contributed by atoms with E-state index in [-0.39, 0.29) is 5.54 Å². The standard InChI is InChI=1S/C13H19ClN2O/c1-16-6-5-13(15,9-16)8-10-7-11(14)3-4-12(10)17-2/h3-4,7H,5-6,8-9,15H2,1-2H3. The number of rotatable bonds is 3. The molecule has 0 spiro atoms. The lowest BCUT2D eigenvalue weighted by atomic mass is 9.90.